The summed E-state index contributed by atoms with van der Waals surface area (Å²) < 4.78 is 0. The van der Waals surface area contributed by atoms with Crippen LogP contribution in [0, 0.1) is 6.92 Å². The molecule has 2 nitrogen and oxygen atoms in total. The summed E-state index contributed by atoms with van der Waals surface area (Å²) in [5.74, 6) is 0. The highest BCUT2D eigenvalue weighted by Gasteiger charge is 2.33. The smallest absolute Gasteiger partial charge is 0.103 e. The molecule has 2 aromatic rings. The van der Waals surface area contributed by atoms with E-state index in [-0.39, 0.29) is 5.41 Å². The maximum Gasteiger partial charge on any atom is 0.103 e. The lowest BCUT2D eigenvalue weighted by molar-refractivity contribution is 0.590. The van der Waals surface area contributed by atoms with Crippen molar-refractivity contribution >= 4 is 17.1 Å². The Morgan fingerprint density at radius 1 is 0.909 bits per heavy atom. The number of benzene rings is 2. The minimum atomic E-state index is 0.164. The predicted molar refractivity (Wildman–Crippen MR) is 96.3 cm³/mol. The Morgan fingerprint density at radius 2 is 1.59 bits per heavy atom. The predicted octanol–water partition coefficient (Wildman–Crippen LogP) is 5.23. The molecule has 0 spiro atoms. The van der Waals surface area contributed by atoms with Crippen LogP contribution in [0.4, 0.5) is 17.1 Å². The van der Waals surface area contributed by atoms with Crippen LogP contribution in [0.2, 0.25) is 0 Å². The molecule has 2 aromatic carbocycles. The second kappa shape index (κ2) is 5.05. The summed E-state index contributed by atoms with van der Waals surface area (Å²) in [6, 6.07) is 15.5. The minimum absolute atomic E-state index is 0.164. The Kier molecular flexibility index (Phi) is 3.43. The van der Waals surface area contributed by atoms with Crippen LogP contribution < -0.4 is 9.80 Å². The Bertz CT molecular complexity index is 697. The highest BCUT2D eigenvalue weighted by atomic mass is 15.4. The first-order valence-corrected chi connectivity index (χ1v) is 8.03. The fraction of sp³-hybridized carbons (Fsp3) is 0.400. The molecule has 0 unspecified atom stereocenters. The van der Waals surface area contributed by atoms with Crippen LogP contribution in [-0.4, -0.2) is 13.2 Å². The molecule has 116 valence electrons. The average molecular weight is 294 g/mol. The van der Waals surface area contributed by atoms with Crippen molar-refractivity contribution in [1.29, 1.82) is 0 Å². The van der Waals surface area contributed by atoms with E-state index in [1.807, 2.05) is 0 Å². The molecule has 0 radical (unpaired) electrons. The van der Waals surface area contributed by atoms with E-state index in [2.05, 4.69) is 93.9 Å². The molecule has 0 bridgehead atoms. The molecule has 0 aliphatic carbocycles. The second-order valence-corrected chi connectivity index (χ2v) is 7.35. The average Bonchev–Trinajstić information content (AvgIpc) is 2.71. The molecule has 1 aliphatic heterocycles. The SMILES string of the molecule is Cc1ccccc1N1c2cc(C(C)(C)C)ccc2N(C)[C@@H]1C. The minimum Gasteiger partial charge on any atom is -0.353 e. The molecule has 0 saturated carbocycles. The molecular weight excluding hydrogens is 268 g/mol. The molecule has 0 N–H and O–H groups in total. The van der Waals surface area contributed by atoms with Gasteiger partial charge in [0.25, 0.3) is 0 Å². The zero-order chi connectivity index (χ0) is 16.1. The van der Waals surface area contributed by atoms with Crippen LogP contribution >= 0.6 is 0 Å². The van der Waals surface area contributed by atoms with Crippen LogP contribution in [0.3, 0.4) is 0 Å². The van der Waals surface area contributed by atoms with E-state index in [0.29, 0.717) is 6.17 Å². The van der Waals surface area contributed by atoms with E-state index in [0.717, 1.165) is 0 Å². The second-order valence-electron chi connectivity index (χ2n) is 7.35. The molecule has 3 rings (SSSR count). The lowest BCUT2D eigenvalue weighted by Gasteiger charge is -2.29. The van der Waals surface area contributed by atoms with Gasteiger partial charge in [-0.05, 0) is 48.6 Å². The van der Waals surface area contributed by atoms with Gasteiger partial charge in [0.05, 0.1) is 11.4 Å². The van der Waals surface area contributed by atoms with Gasteiger partial charge in [-0.25, -0.2) is 0 Å². The normalized spacial score (nSPS) is 17.8. The van der Waals surface area contributed by atoms with E-state index in [4.69, 9.17) is 0 Å². The van der Waals surface area contributed by atoms with Crippen molar-refractivity contribution in [1.82, 2.24) is 0 Å². The molecule has 0 saturated heterocycles. The Labute approximate surface area is 134 Å². The summed E-state index contributed by atoms with van der Waals surface area (Å²) in [6.07, 6.45) is 0.325. The monoisotopic (exact) mass is 294 g/mol. The van der Waals surface area contributed by atoms with Gasteiger partial charge in [-0.15, -0.1) is 0 Å². The van der Waals surface area contributed by atoms with Gasteiger partial charge in [-0.1, -0.05) is 45.0 Å². The summed E-state index contributed by atoms with van der Waals surface area (Å²) in [5, 5.41) is 0. The number of nitrogens with zero attached hydrogens (tertiary/aromatic N) is 2. The van der Waals surface area contributed by atoms with E-state index in [9.17, 15) is 0 Å². The first-order valence-electron chi connectivity index (χ1n) is 8.03. The van der Waals surface area contributed by atoms with Crippen LogP contribution in [0.5, 0.6) is 0 Å². The lowest BCUT2D eigenvalue weighted by Crippen LogP contribution is -2.35. The zero-order valence-corrected chi connectivity index (χ0v) is 14.5. The van der Waals surface area contributed by atoms with Gasteiger partial charge in [0, 0.05) is 12.7 Å². The third kappa shape index (κ3) is 2.27. The van der Waals surface area contributed by atoms with Gasteiger partial charge in [-0.3, -0.25) is 0 Å². The molecule has 0 aromatic heterocycles. The number of anilines is 3. The van der Waals surface area contributed by atoms with Crippen LogP contribution in [0.15, 0.2) is 42.5 Å². The summed E-state index contributed by atoms with van der Waals surface area (Å²) in [4.78, 5) is 4.81. The first-order chi connectivity index (χ1) is 10.3. The highest BCUT2D eigenvalue weighted by molar-refractivity contribution is 5.84. The Hall–Kier alpha value is -1.96. The fourth-order valence-electron chi connectivity index (χ4n) is 3.22. The fourth-order valence-corrected chi connectivity index (χ4v) is 3.22. The molecule has 22 heavy (non-hydrogen) atoms. The van der Waals surface area contributed by atoms with E-state index < -0.39 is 0 Å². The summed E-state index contributed by atoms with van der Waals surface area (Å²) in [6.45, 7) is 11.3. The Balaban J connectivity index is 2.17. The topological polar surface area (TPSA) is 6.48 Å². The number of rotatable bonds is 1. The number of fused-ring (bicyclic) bond motifs is 1. The van der Waals surface area contributed by atoms with E-state index >= 15 is 0 Å². The molecule has 2 heteroatoms. The van der Waals surface area contributed by atoms with E-state index in [1.165, 1.54) is 28.2 Å². The molecule has 0 fully saturated rings. The largest absolute Gasteiger partial charge is 0.353 e. The Morgan fingerprint density at radius 3 is 2.23 bits per heavy atom. The third-order valence-corrected chi connectivity index (χ3v) is 4.79. The van der Waals surface area contributed by atoms with Gasteiger partial charge in [-0.2, -0.15) is 0 Å². The highest BCUT2D eigenvalue weighted by Crippen LogP contribution is 2.45. The van der Waals surface area contributed by atoms with Crippen molar-refractivity contribution in [2.24, 2.45) is 0 Å². The first kappa shape index (κ1) is 15.0. The third-order valence-electron chi connectivity index (χ3n) is 4.79. The number of aryl methyl sites for hydroxylation is 1. The van der Waals surface area contributed by atoms with Gasteiger partial charge in [0.15, 0.2) is 0 Å². The maximum absolute atomic E-state index is 2.46. The molecule has 1 aliphatic rings. The van der Waals surface area contributed by atoms with Crippen molar-refractivity contribution < 1.29 is 0 Å². The number of hydrogen-bond acceptors (Lipinski definition) is 2. The zero-order valence-electron chi connectivity index (χ0n) is 14.5. The van der Waals surface area contributed by atoms with Crippen molar-refractivity contribution in [3.8, 4) is 0 Å². The van der Waals surface area contributed by atoms with Gasteiger partial charge < -0.3 is 9.80 Å². The van der Waals surface area contributed by atoms with Gasteiger partial charge in [0.2, 0.25) is 0 Å². The van der Waals surface area contributed by atoms with Crippen molar-refractivity contribution in [2.45, 2.75) is 46.2 Å². The van der Waals surface area contributed by atoms with Crippen LogP contribution in [-0.2, 0) is 5.41 Å². The standard InChI is InChI=1S/C20H26N2/c1-14-9-7-8-10-17(14)22-15(2)21(6)18-12-11-16(13-19(18)22)20(3,4)5/h7-13,15H,1-6H3/t15-/m0/s1. The number of hydrogen-bond donors (Lipinski definition) is 0. The quantitative estimate of drug-likeness (QED) is 0.711. The maximum atomic E-state index is 2.46. The molecular formula is C20H26N2. The lowest BCUT2D eigenvalue weighted by atomic mass is 9.86. The molecule has 1 heterocycles. The molecule has 0 amide bonds. The summed E-state index contributed by atoms with van der Waals surface area (Å²) in [5.41, 5.74) is 6.79. The van der Waals surface area contributed by atoms with Crippen molar-refractivity contribution in [3.05, 3.63) is 53.6 Å². The van der Waals surface area contributed by atoms with Crippen LogP contribution in [0.25, 0.3) is 0 Å². The van der Waals surface area contributed by atoms with E-state index in [1.54, 1.807) is 0 Å². The van der Waals surface area contributed by atoms with Crippen molar-refractivity contribution in [2.75, 3.05) is 16.8 Å². The van der Waals surface area contributed by atoms with Gasteiger partial charge >= 0.3 is 0 Å². The van der Waals surface area contributed by atoms with Crippen LogP contribution in [0.1, 0.15) is 38.8 Å². The summed E-state index contributed by atoms with van der Waals surface area (Å²) >= 11 is 0. The number of para-hydroxylation sites is 1. The van der Waals surface area contributed by atoms with Crippen molar-refractivity contribution in [3.63, 3.8) is 0 Å². The summed E-state index contributed by atoms with van der Waals surface area (Å²) in [7, 11) is 2.18. The molecule has 1 atom stereocenters. The van der Waals surface area contributed by atoms with Gasteiger partial charge in [0.1, 0.15) is 6.17 Å².